The molecule has 3 aromatic rings. The normalized spacial score (nSPS) is 19.2. The Balaban J connectivity index is 1.09. The highest BCUT2D eigenvalue weighted by molar-refractivity contribution is 7.16. The number of carbonyl (C=O) groups is 3. The summed E-state index contributed by atoms with van der Waals surface area (Å²) >= 11 is 1.63. The summed E-state index contributed by atoms with van der Waals surface area (Å²) in [4.78, 5) is 51.3. The molecule has 0 unspecified atom stereocenters. The van der Waals surface area contributed by atoms with Crippen LogP contribution >= 0.6 is 11.3 Å². The van der Waals surface area contributed by atoms with E-state index in [-0.39, 0.29) is 24.8 Å². The van der Waals surface area contributed by atoms with E-state index in [1.807, 2.05) is 29.8 Å². The third kappa shape index (κ3) is 3.76. The van der Waals surface area contributed by atoms with Crippen molar-refractivity contribution in [3.8, 4) is 0 Å². The Hall–Kier alpha value is -3.57. The molecule has 174 valence electrons. The Kier molecular flexibility index (Phi) is 5.15. The zero-order valence-corrected chi connectivity index (χ0v) is 19.3. The van der Waals surface area contributed by atoms with Crippen LogP contribution in [0.5, 0.6) is 0 Å². The van der Waals surface area contributed by atoms with Gasteiger partial charge in [0.15, 0.2) is 0 Å². The molecule has 0 bridgehead atoms. The monoisotopic (exact) mass is 477 g/mol. The number of rotatable bonds is 4. The van der Waals surface area contributed by atoms with Gasteiger partial charge < -0.3 is 4.90 Å². The molecule has 0 spiro atoms. The molecular formula is C23H23N7O3S. The maximum Gasteiger partial charge on any atom is 0.342 e. The molecule has 2 aromatic heterocycles. The lowest BCUT2D eigenvalue weighted by Gasteiger charge is -2.34. The minimum Gasteiger partial charge on any atom is -0.338 e. The summed E-state index contributed by atoms with van der Waals surface area (Å²) in [5.74, 6) is 0.267. The van der Waals surface area contributed by atoms with Gasteiger partial charge in [-0.15, -0.1) is 11.3 Å². The predicted octanol–water partition coefficient (Wildman–Crippen LogP) is 1.83. The summed E-state index contributed by atoms with van der Waals surface area (Å²) < 4.78 is 0. The second-order valence-corrected chi connectivity index (χ2v) is 9.59. The summed E-state index contributed by atoms with van der Waals surface area (Å²) in [6, 6.07) is 7.38. The van der Waals surface area contributed by atoms with Gasteiger partial charge in [0.25, 0.3) is 5.91 Å². The highest BCUT2D eigenvalue weighted by Gasteiger charge is 2.37. The Morgan fingerprint density at radius 3 is 2.68 bits per heavy atom. The number of urea groups is 1. The van der Waals surface area contributed by atoms with Crippen molar-refractivity contribution in [2.75, 3.05) is 37.6 Å². The first-order valence-electron chi connectivity index (χ1n) is 11.3. The van der Waals surface area contributed by atoms with Crippen LogP contribution in [0.25, 0.3) is 10.2 Å². The van der Waals surface area contributed by atoms with Gasteiger partial charge in [-0.3, -0.25) is 19.8 Å². The molecule has 4 amide bonds. The molecular weight excluding hydrogens is 454 g/mol. The van der Waals surface area contributed by atoms with Crippen molar-refractivity contribution >= 4 is 45.3 Å². The number of amides is 4. The molecule has 0 radical (unpaired) electrons. The van der Waals surface area contributed by atoms with Gasteiger partial charge in [-0.1, -0.05) is 12.1 Å². The van der Waals surface area contributed by atoms with Crippen molar-refractivity contribution < 1.29 is 14.4 Å². The first kappa shape index (κ1) is 21.0. The number of nitrogens with zero attached hydrogens (tertiary/aromatic N) is 6. The number of fused-ring (bicyclic) bond motifs is 2. The van der Waals surface area contributed by atoms with Crippen LogP contribution in [-0.4, -0.2) is 75.5 Å². The molecule has 6 rings (SSSR count). The van der Waals surface area contributed by atoms with Gasteiger partial charge in [0.05, 0.1) is 13.1 Å². The Labute approximate surface area is 199 Å². The number of nitrogens with one attached hydrogen (secondary N) is 1. The highest BCUT2D eigenvalue weighted by Crippen LogP contribution is 2.27. The smallest absolute Gasteiger partial charge is 0.338 e. The van der Waals surface area contributed by atoms with Gasteiger partial charge in [0.1, 0.15) is 4.83 Å². The van der Waals surface area contributed by atoms with Crippen LogP contribution in [0.3, 0.4) is 0 Å². The first-order chi connectivity index (χ1) is 16.5. The van der Waals surface area contributed by atoms with Crippen LogP contribution in [0.4, 0.5) is 10.7 Å². The molecule has 1 aromatic carbocycles. The number of piperazine rings is 1. The Morgan fingerprint density at radius 2 is 1.85 bits per heavy atom. The van der Waals surface area contributed by atoms with E-state index in [0.29, 0.717) is 12.1 Å². The van der Waals surface area contributed by atoms with Crippen molar-refractivity contribution in [1.82, 2.24) is 30.2 Å². The predicted molar refractivity (Wildman–Crippen MR) is 126 cm³/mol. The van der Waals surface area contributed by atoms with E-state index in [1.54, 1.807) is 11.3 Å². The van der Waals surface area contributed by atoms with Gasteiger partial charge in [-0.2, -0.15) is 0 Å². The number of hydrogen-bond acceptors (Lipinski definition) is 8. The fourth-order valence-corrected chi connectivity index (χ4v) is 5.44. The topological polar surface area (TPSA) is 102 Å². The van der Waals surface area contributed by atoms with Gasteiger partial charge in [-0.25, -0.2) is 24.8 Å². The number of hydrogen-bond donors (Lipinski definition) is 1. The molecule has 3 aliphatic heterocycles. The van der Waals surface area contributed by atoms with Crippen LogP contribution in [0, 0.1) is 0 Å². The maximum atomic E-state index is 12.9. The number of benzene rings is 1. The average molecular weight is 478 g/mol. The SMILES string of the molecule is O=C1CCN(N2Cc3cc(CN4CCN(c5ncc6ccsc6n5)CC4)ccc3C2=O)C(=O)N1. The van der Waals surface area contributed by atoms with Crippen LogP contribution in [0.15, 0.2) is 35.8 Å². The lowest BCUT2D eigenvalue weighted by atomic mass is 10.1. The molecule has 10 nitrogen and oxygen atoms in total. The number of aromatic nitrogens is 2. The molecule has 0 saturated carbocycles. The third-order valence-electron chi connectivity index (χ3n) is 6.53. The molecule has 2 saturated heterocycles. The van der Waals surface area contributed by atoms with Crippen molar-refractivity contribution in [2.24, 2.45) is 0 Å². The van der Waals surface area contributed by atoms with Crippen LogP contribution in [0.2, 0.25) is 0 Å². The van der Waals surface area contributed by atoms with Gasteiger partial charge in [0.2, 0.25) is 11.9 Å². The molecule has 0 aliphatic carbocycles. The fraction of sp³-hybridized carbons (Fsp3) is 0.348. The molecule has 3 aliphatic rings. The van der Waals surface area contributed by atoms with Gasteiger partial charge >= 0.3 is 6.03 Å². The van der Waals surface area contributed by atoms with E-state index in [9.17, 15) is 14.4 Å². The summed E-state index contributed by atoms with van der Waals surface area (Å²) in [6.45, 7) is 4.85. The van der Waals surface area contributed by atoms with Gasteiger partial charge in [0, 0.05) is 56.3 Å². The van der Waals surface area contributed by atoms with E-state index >= 15 is 0 Å². The van der Waals surface area contributed by atoms with E-state index in [4.69, 9.17) is 4.98 Å². The van der Waals surface area contributed by atoms with Crippen molar-refractivity contribution in [2.45, 2.75) is 19.5 Å². The first-order valence-corrected chi connectivity index (χ1v) is 12.2. The maximum absolute atomic E-state index is 12.9. The van der Waals surface area contributed by atoms with Crippen molar-refractivity contribution in [1.29, 1.82) is 0 Å². The van der Waals surface area contributed by atoms with E-state index in [1.165, 1.54) is 10.0 Å². The largest absolute Gasteiger partial charge is 0.342 e. The van der Waals surface area contributed by atoms with E-state index < -0.39 is 6.03 Å². The second-order valence-electron chi connectivity index (χ2n) is 8.70. The Bertz CT molecular complexity index is 1300. The second kappa shape index (κ2) is 8.33. The van der Waals surface area contributed by atoms with Crippen LogP contribution < -0.4 is 10.2 Å². The standard InChI is InChI=1S/C23H23N7O3S/c31-19-3-5-29(23(33)25-19)30-14-17-11-15(1-2-18(17)21(30)32)13-27-6-8-28(9-7-27)22-24-12-16-4-10-34-20(16)26-22/h1-2,4,10-12H,3,5-9,13-14H2,(H,25,31,33). The van der Waals surface area contributed by atoms with Crippen molar-refractivity contribution in [3.05, 3.63) is 52.5 Å². The number of hydrazine groups is 1. The molecule has 0 atom stereocenters. The highest BCUT2D eigenvalue weighted by atomic mass is 32.1. The summed E-state index contributed by atoms with van der Waals surface area (Å²) in [7, 11) is 0. The van der Waals surface area contributed by atoms with E-state index in [0.717, 1.165) is 60.0 Å². The van der Waals surface area contributed by atoms with E-state index in [2.05, 4.69) is 26.2 Å². The zero-order valence-electron chi connectivity index (χ0n) is 18.4. The number of carbonyl (C=O) groups excluding carboxylic acids is 3. The average Bonchev–Trinajstić information content (AvgIpc) is 3.43. The molecule has 34 heavy (non-hydrogen) atoms. The van der Waals surface area contributed by atoms with Gasteiger partial charge in [-0.05, 0) is 28.6 Å². The minimum atomic E-state index is -0.544. The molecule has 11 heteroatoms. The van der Waals surface area contributed by atoms with Crippen LogP contribution in [0.1, 0.15) is 27.9 Å². The lowest BCUT2D eigenvalue weighted by molar-refractivity contribution is -0.123. The number of anilines is 1. The van der Waals surface area contributed by atoms with Crippen LogP contribution in [-0.2, 0) is 17.9 Å². The minimum absolute atomic E-state index is 0.190. The summed E-state index contributed by atoms with van der Waals surface area (Å²) in [6.07, 6.45) is 2.08. The summed E-state index contributed by atoms with van der Waals surface area (Å²) in [5.41, 5.74) is 2.65. The number of thiophene rings is 1. The fourth-order valence-electron chi connectivity index (χ4n) is 4.70. The zero-order chi connectivity index (χ0) is 23.2. The molecule has 2 fully saturated rings. The molecule has 1 N–H and O–H groups in total. The molecule has 5 heterocycles. The lowest BCUT2D eigenvalue weighted by Crippen LogP contribution is -2.56. The Morgan fingerprint density at radius 1 is 1.00 bits per heavy atom. The number of imide groups is 1. The van der Waals surface area contributed by atoms with Crippen molar-refractivity contribution in [3.63, 3.8) is 0 Å². The third-order valence-corrected chi connectivity index (χ3v) is 7.36. The summed E-state index contributed by atoms with van der Waals surface area (Å²) in [5, 5.41) is 8.15. The quantitative estimate of drug-likeness (QED) is 0.612.